The number of hydrogen-bond acceptors (Lipinski definition) is 0. The molecular weight excluding hydrogens is 430 g/mol. The van der Waals surface area contributed by atoms with Gasteiger partial charge in [-0.05, 0) is 40.8 Å². The van der Waals surface area contributed by atoms with Gasteiger partial charge in [0.05, 0.1) is 11.0 Å². The van der Waals surface area contributed by atoms with Crippen LogP contribution < -0.4 is 0 Å². The van der Waals surface area contributed by atoms with Crippen molar-refractivity contribution in [2.75, 3.05) is 0 Å². The van der Waals surface area contributed by atoms with Gasteiger partial charge in [-0.1, -0.05) is 101 Å². The van der Waals surface area contributed by atoms with Crippen LogP contribution in [0.1, 0.15) is 0 Å². The molecule has 0 aliphatic rings. The lowest BCUT2D eigenvalue weighted by atomic mass is 10.0. The molecule has 0 spiro atoms. The van der Waals surface area contributed by atoms with Gasteiger partial charge in [-0.25, -0.2) is 0 Å². The van der Waals surface area contributed by atoms with Crippen LogP contribution in [0.5, 0.6) is 0 Å². The fraction of sp³-hybridized carbons (Fsp3) is 0. The monoisotopic (exact) mass is 447 g/mol. The van der Waals surface area contributed by atoms with Crippen LogP contribution in [0.15, 0.2) is 114 Å². The molecule has 0 unspecified atom stereocenters. The number of halogens is 1. The zero-order valence-corrected chi connectivity index (χ0v) is 17.8. The zero-order chi connectivity index (χ0) is 20.1. The van der Waals surface area contributed by atoms with Crippen molar-refractivity contribution in [1.29, 1.82) is 0 Å². The highest BCUT2D eigenvalue weighted by Gasteiger charge is 2.15. The Morgan fingerprint density at radius 3 is 2.07 bits per heavy atom. The molecule has 0 fully saturated rings. The molecule has 142 valence electrons. The molecule has 0 saturated carbocycles. The number of rotatable bonds is 2. The largest absolute Gasteiger partial charge is 0.309 e. The average molecular weight is 448 g/mol. The molecule has 0 bridgehead atoms. The second-order valence-electron chi connectivity index (χ2n) is 7.59. The van der Waals surface area contributed by atoms with Crippen molar-refractivity contribution in [2.45, 2.75) is 0 Å². The van der Waals surface area contributed by atoms with Gasteiger partial charge in [-0.15, -0.1) is 0 Å². The number of aromatic nitrogens is 1. The topological polar surface area (TPSA) is 4.93 Å². The molecule has 0 N–H and O–H groups in total. The highest BCUT2D eigenvalue weighted by atomic mass is 79.9. The van der Waals surface area contributed by atoms with Gasteiger partial charge in [0.15, 0.2) is 0 Å². The summed E-state index contributed by atoms with van der Waals surface area (Å²) in [5, 5.41) is 5.08. The summed E-state index contributed by atoms with van der Waals surface area (Å²) in [4.78, 5) is 0. The van der Waals surface area contributed by atoms with Crippen LogP contribution in [-0.4, -0.2) is 4.57 Å². The molecule has 0 aliphatic carbocycles. The van der Waals surface area contributed by atoms with Crippen LogP contribution in [0.2, 0.25) is 0 Å². The first kappa shape index (κ1) is 17.5. The maximum atomic E-state index is 3.68. The van der Waals surface area contributed by atoms with Gasteiger partial charge >= 0.3 is 0 Å². The van der Waals surface area contributed by atoms with Crippen LogP contribution in [0.3, 0.4) is 0 Å². The van der Waals surface area contributed by atoms with Gasteiger partial charge in [0, 0.05) is 26.3 Å². The average Bonchev–Trinajstić information content (AvgIpc) is 3.13. The van der Waals surface area contributed by atoms with Crippen LogP contribution in [0, 0.1) is 0 Å². The molecule has 5 aromatic carbocycles. The maximum absolute atomic E-state index is 3.68. The first-order valence-corrected chi connectivity index (χ1v) is 10.9. The van der Waals surface area contributed by atoms with Crippen LogP contribution >= 0.6 is 15.9 Å². The lowest BCUT2D eigenvalue weighted by Crippen LogP contribution is -1.94. The van der Waals surface area contributed by atoms with Crippen LogP contribution in [0.25, 0.3) is 49.4 Å². The predicted octanol–water partition coefficient (Wildman–Crippen LogP) is 8.37. The normalized spacial score (nSPS) is 11.5. The smallest absolute Gasteiger partial charge is 0.0619 e. The van der Waals surface area contributed by atoms with E-state index in [4.69, 9.17) is 0 Å². The molecular formula is C28H18BrN. The van der Waals surface area contributed by atoms with Crippen molar-refractivity contribution in [3.8, 4) is 16.8 Å². The molecule has 1 nitrogen and oxygen atoms in total. The lowest BCUT2D eigenvalue weighted by Gasteiger charge is -2.11. The summed E-state index contributed by atoms with van der Waals surface area (Å²) in [5.41, 5.74) is 6.10. The Kier molecular flexibility index (Phi) is 4.00. The molecule has 0 amide bonds. The van der Waals surface area contributed by atoms with Crippen LogP contribution in [0.4, 0.5) is 0 Å². The van der Waals surface area contributed by atoms with Gasteiger partial charge in [0.1, 0.15) is 0 Å². The summed E-state index contributed by atoms with van der Waals surface area (Å²) in [5.74, 6) is 0. The minimum absolute atomic E-state index is 1.09. The number of hydrogen-bond donors (Lipinski definition) is 0. The summed E-state index contributed by atoms with van der Waals surface area (Å²) in [6, 6.07) is 39.1. The van der Waals surface area contributed by atoms with E-state index in [0.717, 1.165) is 4.47 Å². The Hall–Kier alpha value is -3.36. The van der Waals surface area contributed by atoms with Crippen LogP contribution in [-0.2, 0) is 0 Å². The predicted molar refractivity (Wildman–Crippen MR) is 131 cm³/mol. The van der Waals surface area contributed by atoms with E-state index in [2.05, 4.69) is 130 Å². The maximum Gasteiger partial charge on any atom is 0.0619 e. The summed E-state index contributed by atoms with van der Waals surface area (Å²) in [6.45, 7) is 0. The molecule has 0 radical (unpaired) electrons. The minimum Gasteiger partial charge on any atom is -0.309 e. The fourth-order valence-electron chi connectivity index (χ4n) is 4.45. The molecule has 2 heteroatoms. The third-order valence-electron chi connectivity index (χ3n) is 5.85. The molecule has 30 heavy (non-hydrogen) atoms. The summed E-state index contributed by atoms with van der Waals surface area (Å²) in [6.07, 6.45) is 0. The minimum atomic E-state index is 1.09. The van der Waals surface area contributed by atoms with E-state index in [1.807, 2.05) is 0 Å². The van der Waals surface area contributed by atoms with E-state index in [-0.39, 0.29) is 0 Å². The summed E-state index contributed by atoms with van der Waals surface area (Å²) >= 11 is 3.68. The van der Waals surface area contributed by atoms with E-state index in [1.54, 1.807) is 0 Å². The third-order valence-corrected chi connectivity index (χ3v) is 6.34. The SMILES string of the molecule is Brc1ccc2c3ccc4ccccc4c3n(-c3ccc(-c4ccccc4)cc3)c2c1. The second kappa shape index (κ2) is 6.86. The molecule has 6 aromatic rings. The number of benzene rings is 5. The summed E-state index contributed by atoms with van der Waals surface area (Å²) < 4.78 is 3.48. The number of nitrogens with zero attached hydrogens (tertiary/aromatic N) is 1. The van der Waals surface area contributed by atoms with E-state index in [0.29, 0.717) is 0 Å². The second-order valence-corrected chi connectivity index (χ2v) is 8.51. The van der Waals surface area contributed by atoms with Gasteiger partial charge < -0.3 is 4.57 Å². The van der Waals surface area contributed by atoms with Crippen molar-refractivity contribution in [3.63, 3.8) is 0 Å². The first-order chi connectivity index (χ1) is 14.8. The van der Waals surface area contributed by atoms with Gasteiger partial charge in [0.25, 0.3) is 0 Å². The Bertz CT molecular complexity index is 1530. The Balaban J connectivity index is 1.68. The zero-order valence-electron chi connectivity index (χ0n) is 16.2. The molecule has 0 atom stereocenters. The molecule has 1 aromatic heterocycles. The van der Waals surface area contributed by atoms with E-state index < -0.39 is 0 Å². The highest BCUT2D eigenvalue weighted by Crippen LogP contribution is 2.37. The fourth-order valence-corrected chi connectivity index (χ4v) is 4.80. The van der Waals surface area contributed by atoms with Crippen molar-refractivity contribution in [3.05, 3.63) is 114 Å². The van der Waals surface area contributed by atoms with Gasteiger partial charge in [-0.2, -0.15) is 0 Å². The number of fused-ring (bicyclic) bond motifs is 5. The first-order valence-electron chi connectivity index (χ1n) is 10.1. The third kappa shape index (κ3) is 2.68. The molecule has 1 heterocycles. The Morgan fingerprint density at radius 1 is 0.533 bits per heavy atom. The van der Waals surface area contributed by atoms with E-state index in [9.17, 15) is 0 Å². The van der Waals surface area contributed by atoms with Crippen molar-refractivity contribution in [2.24, 2.45) is 0 Å². The Morgan fingerprint density at radius 2 is 1.23 bits per heavy atom. The summed E-state index contributed by atoms with van der Waals surface area (Å²) in [7, 11) is 0. The quantitative estimate of drug-likeness (QED) is 0.251. The lowest BCUT2D eigenvalue weighted by molar-refractivity contribution is 1.19. The van der Waals surface area contributed by atoms with Gasteiger partial charge in [-0.3, -0.25) is 0 Å². The van der Waals surface area contributed by atoms with Crippen molar-refractivity contribution >= 4 is 48.5 Å². The molecule has 0 saturated heterocycles. The van der Waals surface area contributed by atoms with Gasteiger partial charge in [0.2, 0.25) is 0 Å². The highest BCUT2D eigenvalue weighted by molar-refractivity contribution is 9.10. The standard InChI is InChI=1S/C28H18BrN/c29-22-13-17-25-26-16-12-21-8-4-5-9-24(21)28(26)30(27(25)18-22)23-14-10-20(11-15-23)19-6-2-1-3-7-19/h1-18H. The van der Waals surface area contributed by atoms with Crippen molar-refractivity contribution < 1.29 is 0 Å². The van der Waals surface area contributed by atoms with E-state index in [1.165, 1.54) is 49.4 Å². The molecule has 0 aliphatic heterocycles. The van der Waals surface area contributed by atoms with E-state index >= 15 is 0 Å². The Labute approximate surface area is 183 Å². The van der Waals surface area contributed by atoms with Crippen molar-refractivity contribution in [1.82, 2.24) is 4.57 Å². The molecule has 6 rings (SSSR count).